The topological polar surface area (TPSA) is 55.8 Å². The van der Waals surface area contributed by atoms with Gasteiger partial charge in [-0.25, -0.2) is 4.79 Å². The van der Waals surface area contributed by atoms with Crippen LogP contribution in [0.1, 0.15) is 90.0 Å². The standard InChI is InChI=1S/C26H39NO4/c1-4-6-8-10-12-18-26-22(13-11-9-7-5-2)24(28)27(23(26)25(29)31-26)19-20-14-16-21(30-3)17-15-20/h14-17,22-23H,4-13,18-19H2,1-3H3/t22-,23?,26+/m1/s1. The van der Waals surface area contributed by atoms with Crippen molar-refractivity contribution in [3.05, 3.63) is 29.8 Å². The summed E-state index contributed by atoms with van der Waals surface area (Å²) in [6.07, 6.45) is 11.9. The highest BCUT2D eigenvalue weighted by Gasteiger charge is 2.70. The number of likely N-dealkylation sites (tertiary alicyclic amines) is 1. The van der Waals surface area contributed by atoms with Crippen molar-refractivity contribution in [1.29, 1.82) is 0 Å². The van der Waals surface area contributed by atoms with E-state index in [-0.39, 0.29) is 17.8 Å². The number of amides is 1. The molecule has 2 fully saturated rings. The van der Waals surface area contributed by atoms with Crippen molar-refractivity contribution in [3.63, 3.8) is 0 Å². The molecule has 0 N–H and O–H groups in total. The number of unbranched alkanes of at least 4 members (excludes halogenated alkanes) is 7. The predicted octanol–water partition coefficient (Wildman–Crippen LogP) is 5.65. The van der Waals surface area contributed by atoms with E-state index in [1.54, 1.807) is 12.0 Å². The Morgan fingerprint density at radius 1 is 0.935 bits per heavy atom. The average Bonchev–Trinajstić information content (AvgIpc) is 2.94. The van der Waals surface area contributed by atoms with Gasteiger partial charge in [0.05, 0.1) is 13.0 Å². The summed E-state index contributed by atoms with van der Waals surface area (Å²) in [4.78, 5) is 27.9. The van der Waals surface area contributed by atoms with Gasteiger partial charge >= 0.3 is 5.97 Å². The molecule has 3 rings (SSSR count). The van der Waals surface area contributed by atoms with Crippen molar-refractivity contribution < 1.29 is 19.1 Å². The molecule has 0 bridgehead atoms. The molecule has 1 aromatic rings. The number of methoxy groups -OCH3 is 1. The number of benzene rings is 1. The second-order valence-electron chi connectivity index (χ2n) is 9.16. The van der Waals surface area contributed by atoms with Gasteiger partial charge < -0.3 is 14.4 Å². The summed E-state index contributed by atoms with van der Waals surface area (Å²) in [5.74, 6) is 0.453. The van der Waals surface area contributed by atoms with Gasteiger partial charge in [0, 0.05) is 6.54 Å². The third kappa shape index (κ3) is 5.07. The molecule has 2 aliphatic heterocycles. The van der Waals surface area contributed by atoms with E-state index in [2.05, 4.69) is 13.8 Å². The molecule has 0 aromatic heterocycles. The van der Waals surface area contributed by atoms with Crippen LogP contribution in [0, 0.1) is 5.92 Å². The van der Waals surface area contributed by atoms with Gasteiger partial charge in [-0.3, -0.25) is 4.79 Å². The van der Waals surface area contributed by atoms with Crippen LogP contribution in [0.3, 0.4) is 0 Å². The van der Waals surface area contributed by atoms with Gasteiger partial charge in [-0.05, 0) is 37.0 Å². The second kappa shape index (κ2) is 11.0. The van der Waals surface area contributed by atoms with E-state index >= 15 is 0 Å². The molecule has 5 heteroatoms. The lowest BCUT2D eigenvalue weighted by Gasteiger charge is -2.47. The van der Waals surface area contributed by atoms with E-state index in [1.165, 1.54) is 32.1 Å². The SMILES string of the molecule is CCCCCCC[C@@]12OC(=O)C1N(Cc1ccc(OC)cc1)C(=O)[C@H]2CCCCCC. The zero-order valence-corrected chi connectivity index (χ0v) is 19.5. The summed E-state index contributed by atoms with van der Waals surface area (Å²) in [5.41, 5.74) is 0.399. The Morgan fingerprint density at radius 2 is 1.58 bits per heavy atom. The molecule has 2 aliphatic rings. The molecule has 172 valence electrons. The van der Waals surface area contributed by atoms with Crippen LogP contribution in [0.4, 0.5) is 0 Å². The number of ether oxygens (including phenoxy) is 2. The van der Waals surface area contributed by atoms with Gasteiger partial charge in [0.25, 0.3) is 0 Å². The van der Waals surface area contributed by atoms with Crippen LogP contribution >= 0.6 is 0 Å². The smallest absolute Gasteiger partial charge is 0.333 e. The number of esters is 1. The molecule has 3 atom stereocenters. The quantitative estimate of drug-likeness (QED) is 0.283. The number of fused-ring (bicyclic) bond motifs is 1. The minimum atomic E-state index is -0.612. The first-order valence-corrected chi connectivity index (χ1v) is 12.2. The highest BCUT2D eigenvalue weighted by molar-refractivity contribution is 5.97. The fourth-order valence-corrected chi connectivity index (χ4v) is 5.24. The van der Waals surface area contributed by atoms with Gasteiger partial charge in [-0.1, -0.05) is 77.3 Å². The number of rotatable bonds is 14. The van der Waals surface area contributed by atoms with Crippen molar-refractivity contribution >= 4 is 11.9 Å². The molecule has 2 heterocycles. The summed E-state index contributed by atoms with van der Waals surface area (Å²) >= 11 is 0. The molecular weight excluding hydrogens is 390 g/mol. The van der Waals surface area contributed by atoms with Gasteiger partial charge in [0.1, 0.15) is 5.75 Å². The van der Waals surface area contributed by atoms with Crippen molar-refractivity contribution in [2.75, 3.05) is 7.11 Å². The second-order valence-corrected chi connectivity index (χ2v) is 9.16. The van der Waals surface area contributed by atoms with Crippen LogP contribution in [0.15, 0.2) is 24.3 Å². The Kier molecular flexibility index (Phi) is 8.39. The summed E-state index contributed by atoms with van der Waals surface area (Å²) in [6.45, 7) is 4.85. The monoisotopic (exact) mass is 429 g/mol. The van der Waals surface area contributed by atoms with E-state index in [0.29, 0.717) is 6.54 Å². The van der Waals surface area contributed by atoms with E-state index in [4.69, 9.17) is 9.47 Å². The van der Waals surface area contributed by atoms with Crippen LogP contribution in [-0.4, -0.2) is 35.5 Å². The van der Waals surface area contributed by atoms with Crippen LogP contribution in [0.25, 0.3) is 0 Å². The largest absolute Gasteiger partial charge is 0.497 e. The molecule has 31 heavy (non-hydrogen) atoms. The van der Waals surface area contributed by atoms with Crippen molar-refractivity contribution in [1.82, 2.24) is 4.90 Å². The number of carbonyl (C=O) groups is 2. The summed E-state index contributed by atoms with van der Waals surface area (Å²) in [7, 11) is 1.64. The van der Waals surface area contributed by atoms with Crippen LogP contribution < -0.4 is 4.74 Å². The third-order valence-corrected chi connectivity index (χ3v) is 6.99. The summed E-state index contributed by atoms with van der Waals surface area (Å²) in [6, 6.07) is 7.31. The fourth-order valence-electron chi connectivity index (χ4n) is 5.24. The average molecular weight is 430 g/mol. The summed E-state index contributed by atoms with van der Waals surface area (Å²) < 4.78 is 11.1. The Morgan fingerprint density at radius 3 is 2.19 bits per heavy atom. The maximum absolute atomic E-state index is 13.5. The Balaban J connectivity index is 1.74. The summed E-state index contributed by atoms with van der Waals surface area (Å²) in [5, 5.41) is 0. The van der Waals surface area contributed by atoms with E-state index < -0.39 is 11.6 Å². The first kappa shape index (κ1) is 23.6. The van der Waals surface area contributed by atoms with E-state index in [0.717, 1.165) is 49.8 Å². The maximum atomic E-state index is 13.5. The van der Waals surface area contributed by atoms with Gasteiger partial charge in [0.2, 0.25) is 5.91 Å². The van der Waals surface area contributed by atoms with Gasteiger partial charge in [-0.2, -0.15) is 0 Å². The Labute approximate surface area is 187 Å². The van der Waals surface area contributed by atoms with E-state index in [1.807, 2.05) is 24.3 Å². The van der Waals surface area contributed by atoms with Crippen molar-refractivity contribution in [3.8, 4) is 5.75 Å². The zero-order chi connectivity index (χ0) is 22.3. The van der Waals surface area contributed by atoms with E-state index in [9.17, 15) is 9.59 Å². The van der Waals surface area contributed by atoms with Crippen LogP contribution in [0.2, 0.25) is 0 Å². The molecule has 1 aromatic carbocycles. The van der Waals surface area contributed by atoms with Crippen molar-refractivity contribution in [2.45, 2.75) is 103 Å². The minimum Gasteiger partial charge on any atom is -0.497 e. The molecule has 2 saturated heterocycles. The minimum absolute atomic E-state index is 0.0942. The fraction of sp³-hybridized carbons (Fsp3) is 0.692. The predicted molar refractivity (Wildman–Crippen MR) is 122 cm³/mol. The molecule has 5 nitrogen and oxygen atoms in total. The normalized spacial score (nSPS) is 24.7. The highest BCUT2D eigenvalue weighted by atomic mass is 16.6. The zero-order valence-electron chi connectivity index (χ0n) is 19.5. The van der Waals surface area contributed by atoms with Crippen LogP contribution in [-0.2, 0) is 20.9 Å². The lowest BCUT2D eigenvalue weighted by Crippen LogP contribution is -2.65. The number of carbonyl (C=O) groups excluding carboxylic acids is 2. The van der Waals surface area contributed by atoms with Gasteiger partial charge in [0.15, 0.2) is 11.6 Å². The molecule has 0 aliphatic carbocycles. The molecular formula is C26H39NO4. The van der Waals surface area contributed by atoms with Gasteiger partial charge in [-0.15, -0.1) is 0 Å². The number of hydrogen-bond acceptors (Lipinski definition) is 4. The van der Waals surface area contributed by atoms with Crippen molar-refractivity contribution in [2.24, 2.45) is 5.92 Å². The van der Waals surface area contributed by atoms with Crippen LogP contribution in [0.5, 0.6) is 5.75 Å². The molecule has 0 saturated carbocycles. The Hall–Kier alpha value is -2.04. The lowest BCUT2D eigenvalue weighted by molar-refractivity contribution is -0.212. The first-order chi connectivity index (χ1) is 15.1. The molecule has 1 unspecified atom stereocenters. The highest BCUT2D eigenvalue weighted by Crippen LogP contribution is 2.51. The number of nitrogens with zero attached hydrogens (tertiary/aromatic N) is 1. The first-order valence-electron chi connectivity index (χ1n) is 12.2. The third-order valence-electron chi connectivity index (χ3n) is 6.99. The molecule has 1 amide bonds. The lowest BCUT2D eigenvalue weighted by atomic mass is 9.74. The molecule has 0 radical (unpaired) electrons. The Bertz CT molecular complexity index is 731. The molecule has 0 spiro atoms. The number of hydrogen-bond donors (Lipinski definition) is 0. The maximum Gasteiger partial charge on any atom is 0.333 e.